The molecule has 70 valence electrons. The zero-order chi connectivity index (χ0) is 8.65. The van der Waals surface area contributed by atoms with Crippen LogP contribution in [0.5, 0.6) is 0 Å². The van der Waals surface area contributed by atoms with Crippen molar-refractivity contribution >= 4 is 9.76 Å². The standard InChI is InChI=1S/C10H20OSi/c1-2-3-4-5-6-10-7-8-11-12-9-10/h5-6,10H,2-4,7-9,12H2,1H3/b6-5+. The third-order valence-electron chi connectivity index (χ3n) is 2.40. The molecule has 1 atom stereocenters. The SMILES string of the molecule is CCCC/C=C/C1CCO[SiH2]C1. The minimum atomic E-state index is -0.130. The van der Waals surface area contributed by atoms with Crippen LogP contribution in [0.3, 0.4) is 0 Å². The predicted molar refractivity (Wildman–Crippen MR) is 56.1 cm³/mol. The topological polar surface area (TPSA) is 9.23 Å². The van der Waals surface area contributed by atoms with Gasteiger partial charge < -0.3 is 4.43 Å². The van der Waals surface area contributed by atoms with E-state index in [0.29, 0.717) is 0 Å². The molecule has 1 nitrogen and oxygen atoms in total. The van der Waals surface area contributed by atoms with Crippen molar-refractivity contribution in [3.05, 3.63) is 12.2 Å². The molecular formula is C10H20OSi. The van der Waals surface area contributed by atoms with E-state index in [9.17, 15) is 0 Å². The van der Waals surface area contributed by atoms with Crippen LogP contribution in [0.2, 0.25) is 6.04 Å². The van der Waals surface area contributed by atoms with Gasteiger partial charge in [0.05, 0.1) is 0 Å². The summed E-state index contributed by atoms with van der Waals surface area (Å²) in [5.41, 5.74) is 0. The quantitative estimate of drug-likeness (QED) is 0.370. The van der Waals surface area contributed by atoms with Crippen molar-refractivity contribution in [2.45, 2.75) is 38.7 Å². The predicted octanol–water partition coefficient (Wildman–Crippen LogP) is 2.27. The van der Waals surface area contributed by atoms with Crippen molar-refractivity contribution in [1.82, 2.24) is 0 Å². The van der Waals surface area contributed by atoms with Gasteiger partial charge in [-0.1, -0.05) is 31.9 Å². The Morgan fingerprint density at radius 3 is 3.17 bits per heavy atom. The van der Waals surface area contributed by atoms with Crippen LogP contribution in [0.1, 0.15) is 32.6 Å². The lowest BCUT2D eigenvalue weighted by Crippen LogP contribution is -2.15. The first kappa shape index (κ1) is 10.0. The summed E-state index contributed by atoms with van der Waals surface area (Å²) in [4.78, 5) is 0. The third-order valence-corrected chi connectivity index (χ3v) is 3.95. The highest BCUT2D eigenvalue weighted by Gasteiger charge is 2.09. The molecule has 0 amide bonds. The van der Waals surface area contributed by atoms with Gasteiger partial charge in [0.2, 0.25) is 0 Å². The highest BCUT2D eigenvalue weighted by Crippen LogP contribution is 2.16. The van der Waals surface area contributed by atoms with E-state index in [-0.39, 0.29) is 9.76 Å². The molecule has 0 aliphatic carbocycles. The number of hydrogen-bond acceptors (Lipinski definition) is 1. The fourth-order valence-corrected chi connectivity index (χ4v) is 2.84. The summed E-state index contributed by atoms with van der Waals surface area (Å²) in [5.74, 6) is 0.863. The Kier molecular flexibility index (Phi) is 5.36. The van der Waals surface area contributed by atoms with E-state index >= 15 is 0 Å². The second-order valence-electron chi connectivity index (χ2n) is 3.52. The maximum absolute atomic E-state index is 5.43. The monoisotopic (exact) mass is 184 g/mol. The molecule has 2 heteroatoms. The molecule has 0 N–H and O–H groups in total. The Labute approximate surface area is 78.1 Å². The molecule has 1 aliphatic rings. The second kappa shape index (κ2) is 6.43. The van der Waals surface area contributed by atoms with Gasteiger partial charge in [-0.3, -0.25) is 0 Å². The van der Waals surface area contributed by atoms with Crippen LogP contribution < -0.4 is 0 Å². The van der Waals surface area contributed by atoms with E-state index in [4.69, 9.17) is 4.43 Å². The van der Waals surface area contributed by atoms with Gasteiger partial charge in [-0.2, -0.15) is 0 Å². The molecule has 1 heterocycles. The maximum Gasteiger partial charge on any atom is 0.162 e. The summed E-state index contributed by atoms with van der Waals surface area (Å²) in [6.45, 7) is 3.27. The Balaban J connectivity index is 2.07. The van der Waals surface area contributed by atoms with Crippen LogP contribution in [-0.4, -0.2) is 16.4 Å². The summed E-state index contributed by atoms with van der Waals surface area (Å²) in [6, 6.07) is 1.36. The maximum atomic E-state index is 5.43. The van der Waals surface area contributed by atoms with E-state index in [1.165, 1.54) is 31.7 Å². The Bertz CT molecular complexity index is 128. The summed E-state index contributed by atoms with van der Waals surface area (Å²) in [6.07, 6.45) is 9.98. The smallest absolute Gasteiger partial charge is 0.162 e. The average molecular weight is 184 g/mol. The molecule has 0 saturated carbocycles. The molecule has 0 bridgehead atoms. The van der Waals surface area contributed by atoms with Gasteiger partial charge in [-0.05, 0) is 24.8 Å². The summed E-state index contributed by atoms with van der Waals surface area (Å²) in [5, 5.41) is 0. The van der Waals surface area contributed by atoms with Crippen molar-refractivity contribution in [3.63, 3.8) is 0 Å². The van der Waals surface area contributed by atoms with Crippen molar-refractivity contribution in [2.24, 2.45) is 5.92 Å². The van der Waals surface area contributed by atoms with E-state index in [1.807, 2.05) is 0 Å². The Morgan fingerprint density at radius 2 is 2.50 bits per heavy atom. The molecule has 1 unspecified atom stereocenters. The zero-order valence-corrected chi connectivity index (χ0v) is 9.50. The summed E-state index contributed by atoms with van der Waals surface area (Å²) >= 11 is 0. The molecule has 0 radical (unpaired) electrons. The zero-order valence-electron chi connectivity index (χ0n) is 8.09. The summed E-state index contributed by atoms with van der Waals surface area (Å²) in [7, 11) is -0.130. The highest BCUT2D eigenvalue weighted by molar-refractivity contribution is 6.27. The Morgan fingerprint density at radius 1 is 1.58 bits per heavy atom. The first-order chi connectivity index (χ1) is 5.93. The van der Waals surface area contributed by atoms with Crippen molar-refractivity contribution in [3.8, 4) is 0 Å². The number of hydrogen-bond donors (Lipinski definition) is 0. The molecule has 1 fully saturated rings. The summed E-state index contributed by atoms with van der Waals surface area (Å²) < 4.78 is 5.43. The third kappa shape index (κ3) is 4.07. The molecule has 1 rings (SSSR count). The molecular weight excluding hydrogens is 164 g/mol. The average Bonchev–Trinajstić information content (AvgIpc) is 2.14. The number of rotatable bonds is 4. The van der Waals surface area contributed by atoms with Crippen LogP contribution in [0.15, 0.2) is 12.2 Å². The van der Waals surface area contributed by atoms with E-state index in [2.05, 4.69) is 19.1 Å². The first-order valence-corrected chi connectivity index (χ1v) is 6.75. The van der Waals surface area contributed by atoms with Crippen LogP contribution in [-0.2, 0) is 4.43 Å². The van der Waals surface area contributed by atoms with E-state index in [1.54, 1.807) is 0 Å². The van der Waals surface area contributed by atoms with Crippen molar-refractivity contribution < 1.29 is 4.43 Å². The largest absolute Gasteiger partial charge is 0.424 e. The molecule has 0 aromatic heterocycles. The molecule has 0 aromatic rings. The van der Waals surface area contributed by atoms with Crippen LogP contribution in [0.4, 0.5) is 0 Å². The fraction of sp³-hybridized carbons (Fsp3) is 0.800. The van der Waals surface area contributed by atoms with Crippen LogP contribution >= 0.6 is 0 Å². The van der Waals surface area contributed by atoms with Gasteiger partial charge in [-0.25, -0.2) is 0 Å². The van der Waals surface area contributed by atoms with Crippen LogP contribution in [0.25, 0.3) is 0 Å². The van der Waals surface area contributed by atoms with Crippen LogP contribution in [0, 0.1) is 5.92 Å². The fourth-order valence-electron chi connectivity index (χ4n) is 1.52. The number of unbranched alkanes of at least 4 members (excludes halogenated alkanes) is 2. The molecule has 0 spiro atoms. The van der Waals surface area contributed by atoms with Crippen molar-refractivity contribution in [1.29, 1.82) is 0 Å². The van der Waals surface area contributed by atoms with Crippen molar-refractivity contribution in [2.75, 3.05) is 6.61 Å². The first-order valence-electron chi connectivity index (χ1n) is 5.18. The van der Waals surface area contributed by atoms with Gasteiger partial charge >= 0.3 is 0 Å². The normalized spacial score (nSPS) is 26.9. The van der Waals surface area contributed by atoms with Gasteiger partial charge in [0.15, 0.2) is 9.76 Å². The number of allylic oxidation sites excluding steroid dienone is 2. The lowest BCUT2D eigenvalue weighted by Gasteiger charge is -2.18. The second-order valence-corrected chi connectivity index (χ2v) is 4.91. The van der Waals surface area contributed by atoms with E-state index in [0.717, 1.165) is 12.5 Å². The minimum absolute atomic E-state index is 0.130. The molecule has 1 aliphatic heterocycles. The van der Waals surface area contributed by atoms with Gasteiger partial charge in [0.25, 0.3) is 0 Å². The van der Waals surface area contributed by atoms with E-state index < -0.39 is 0 Å². The van der Waals surface area contributed by atoms with Gasteiger partial charge in [-0.15, -0.1) is 0 Å². The lowest BCUT2D eigenvalue weighted by molar-refractivity contribution is 0.281. The molecule has 0 aromatic carbocycles. The highest BCUT2D eigenvalue weighted by atomic mass is 28.2. The minimum Gasteiger partial charge on any atom is -0.424 e. The molecule has 1 saturated heterocycles. The van der Waals surface area contributed by atoms with Gasteiger partial charge in [0, 0.05) is 6.61 Å². The molecule has 12 heavy (non-hydrogen) atoms. The Hall–Kier alpha value is -0.0831. The van der Waals surface area contributed by atoms with Gasteiger partial charge in [0.1, 0.15) is 0 Å². The lowest BCUT2D eigenvalue weighted by atomic mass is 10.1.